The fraction of sp³-hybridized carbons (Fsp3) is 0.828. The van der Waals surface area contributed by atoms with Gasteiger partial charge in [-0.15, -0.1) is 0 Å². The van der Waals surface area contributed by atoms with Gasteiger partial charge in [0.15, 0.2) is 0 Å². The highest BCUT2D eigenvalue weighted by Gasteiger charge is 2.29. The van der Waals surface area contributed by atoms with E-state index in [-0.39, 0.29) is 111 Å². The summed E-state index contributed by atoms with van der Waals surface area (Å²) in [6, 6.07) is -1.32. The maximum atomic E-state index is 13.0. The van der Waals surface area contributed by atoms with Crippen molar-refractivity contribution in [3.05, 3.63) is 0 Å². The Morgan fingerprint density at radius 3 is 1.12 bits per heavy atom. The summed E-state index contributed by atoms with van der Waals surface area (Å²) in [6.45, 7) is 7.91. The minimum atomic E-state index is -1.71. The summed E-state index contributed by atoms with van der Waals surface area (Å²) in [4.78, 5) is 122. The Morgan fingerprint density at radius 2 is 0.723 bits per heavy atom. The first-order chi connectivity index (χ1) is 44.8. The number of aldehydes is 1. The summed E-state index contributed by atoms with van der Waals surface area (Å²) in [5.74, 6) is -5.70. The zero-order valence-corrected chi connectivity index (χ0v) is 54.7. The summed E-state index contributed by atoms with van der Waals surface area (Å²) in [6.07, 6.45) is -8.92. The first-order valence-corrected chi connectivity index (χ1v) is 31.2. The molecule has 7 atom stereocenters. The van der Waals surface area contributed by atoms with Gasteiger partial charge in [0.1, 0.15) is 24.5 Å². The number of carbonyl (C=O) groups excluding carboxylic acids is 10. The van der Waals surface area contributed by atoms with Crippen molar-refractivity contribution in [1.29, 1.82) is 0 Å². The Balaban J connectivity index is 3.92. The molecule has 0 heterocycles. The van der Waals surface area contributed by atoms with Crippen LogP contribution in [-0.4, -0.2) is 326 Å². The summed E-state index contributed by atoms with van der Waals surface area (Å²) >= 11 is 0. The molecule has 0 spiro atoms. The molecule has 0 bridgehead atoms. The molecular weight excluding hydrogens is 1250 g/mol. The van der Waals surface area contributed by atoms with Crippen LogP contribution in [0.1, 0.15) is 79.1 Å². The average Bonchev–Trinajstić information content (AvgIpc) is 2.04. The number of ether oxygens (including phenoxy) is 9. The van der Waals surface area contributed by atoms with Crippen molar-refractivity contribution < 1.29 is 131 Å². The van der Waals surface area contributed by atoms with Crippen molar-refractivity contribution in [2.24, 2.45) is 5.41 Å². The highest BCUT2D eigenvalue weighted by Crippen LogP contribution is 2.22. The van der Waals surface area contributed by atoms with Crippen molar-refractivity contribution in [3.63, 3.8) is 0 Å². The average molecular weight is 1360 g/mol. The zero-order valence-electron chi connectivity index (χ0n) is 54.7. The normalized spacial score (nSPS) is 13.8. The number of hydrogen-bond acceptors (Lipinski definition) is 27. The highest BCUT2D eigenvalue weighted by atomic mass is 16.6. The van der Waals surface area contributed by atoms with Gasteiger partial charge in [0.2, 0.25) is 53.2 Å². The quantitative estimate of drug-likeness (QED) is 0.0199. The van der Waals surface area contributed by atoms with Crippen molar-refractivity contribution in [2.45, 2.75) is 127 Å². The summed E-state index contributed by atoms with van der Waals surface area (Å²) in [5, 5.41) is 99.2. The topological polar surface area (TPSA) is 524 Å². The lowest BCUT2D eigenvalue weighted by atomic mass is 9.92. The number of aliphatic hydroxyl groups is 8. The molecule has 546 valence electrons. The molecule has 0 aromatic heterocycles. The molecule has 36 heteroatoms. The number of nitrogens with one attached hydrogen (secondary N) is 9. The molecule has 0 saturated heterocycles. The molecule has 0 aromatic rings. The maximum Gasteiger partial charge on any atom is 0.242 e. The van der Waals surface area contributed by atoms with Crippen LogP contribution in [0.3, 0.4) is 0 Å². The predicted octanol–water partition coefficient (Wildman–Crippen LogP) is -8.18. The smallest absolute Gasteiger partial charge is 0.242 e. The number of rotatable bonds is 62. The molecule has 17 N–H and O–H groups in total. The van der Waals surface area contributed by atoms with Crippen molar-refractivity contribution in [3.8, 4) is 0 Å². The van der Waals surface area contributed by atoms with Crippen LogP contribution in [0.25, 0.3) is 0 Å². The van der Waals surface area contributed by atoms with Crippen molar-refractivity contribution in [1.82, 2.24) is 47.9 Å². The molecule has 0 unspecified atom stereocenters. The van der Waals surface area contributed by atoms with Crippen molar-refractivity contribution in [2.75, 3.05) is 178 Å². The van der Waals surface area contributed by atoms with E-state index in [1.807, 2.05) is 13.8 Å². The van der Waals surface area contributed by atoms with Crippen LogP contribution in [0.4, 0.5) is 0 Å². The molecule has 0 aliphatic rings. The number of amides is 9. The van der Waals surface area contributed by atoms with E-state index >= 15 is 0 Å². The first-order valence-electron chi connectivity index (χ1n) is 31.2. The van der Waals surface area contributed by atoms with Gasteiger partial charge >= 0.3 is 0 Å². The molecule has 0 aliphatic heterocycles. The van der Waals surface area contributed by atoms with Gasteiger partial charge in [-0.1, -0.05) is 13.8 Å². The van der Waals surface area contributed by atoms with Crippen LogP contribution in [0, 0.1) is 5.41 Å². The van der Waals surface area contributed by atoms with Crippen LogP contribution < -0.4 is 47.9 Å². The fourth-order valence-electron chi connectivity index (χ4n) is 7.31. The van der Waals surface area contributed by atoms with E-state index in [4.69, 9.17) is 52.8 Å². The molecule has 0 radical (unpaired) electrons. The van der Waals surface area contributed by atoms with Gasteiger partial charge in [0.05, 0.1) is 168 Å². The lowest BCUT2D eigenvalue weighted by Crippen LogP contribution is -2.51. The SMILES string of the molecule is CC(C)(C=O)CCOC(C)(C)CCC(=O)NCC(=O)NCC(=O)NCC(=O)NCC(=O)NCC(=O)NCCOCCOCCOCCOCCOCCOCCOCCOCCC(=O)N[C@@H](CCC(=O)NC[C@H](O)[C@@H](O)[C@H](O)CCO)C(=O)NC[C@H](O)[C@@H](O)[C@H](O)CCO. The monoisotopic (exact) mass is 1360 g/mol. The van der Waals surface area contributed by atoms with Crippen LogP contribution >= 0.6 is 0 Å². The predicted molar refractivity (Wildman–Crippen MR) is 330 cm³/mol. The van der Waals surface area contributed by atoms with E-state index in [2.05, 4.69) is 47.9 Å². The van der Waals surface area contributed by atoms with Gasteiger partial charge in [-0.3, -0.25) is 43.2 Å². The lowest BCUT2D eigenvalue weighted by molar-refractivity contribution is -0.131. The zero-order chi connectivity index (χ0) is 70.4. The number of aliphatic hydroxyl groups excluding tert-OH is 8. The maximum absolute atomic E-state index is 13.0. The third-order valence-corrected chi connectivity index (χ3v) is 13.1. The Morgan fingerprint density at radius 1 is 0.372 bits per heavy atom. The first kappa shape index (κ1) is 88.2. The Kier molecular flexibility index (Phi) is 52.0. The summed E-state index contributed by atoms with van der Waals surface area (Å²) in [5.41, 5.74) is -1.14. The molecule has 0 fully saturated rings. The van der Waals surface area contributed by atoms with Crippen LogP contribution in [0.5, 0.6) is 0 Å². The molecule has 94 heavy (non-hydrogen) atoms. The largest absolute Gasteiger partial charge is 0.396 e. The third kappa shape index (κ3) is 50.6. The minimum absolute atomic E-state index is 0.0566. The van der Waals surface area contributed by atoms with E-state index in [0.29, 0.717) is 72.3 Å². The summed E-state index contributed by atoms with van der Waals surface area (Å²) in [7, 11) is 0. The van der Waals surface area contributed by atoms with E-state index in [0.717, 1.165) is 6.29 Å². The van der Waals surface area contributed by atoms with Gasteiger partial charge in [-0.05, 0) is 46.0 Å². The van der Waals surface area contributed by atoms with Crippen LogP contribution in [0.15, 0.2) is 0 Å². The molecule has 9 amide bonds. The minimum Gasteiger partial charge on any atom is -0.396 e. The van der Waals surface area contributed by atoms with Gasteiger partial charge < -0.3 is 136 Å². The highest BCUT2D eigenvalue weighted by molar-refractivity contribution is 5.92. The number of carbonyl (C=O) groups is 10. The third-order valence-electron chi connectivity index (χ3n) is 13.1. The standard InChI is InChI=1S/C58H107N9O27/c1-57(2,40-70)12-17-94-58(3,4)11-7-47(76)61-36-50(79)63-38-52(81)65-39-53(82)64-37-51(80)62-35-49(78)59-13-18-87-20-22-89-24-26-91-28-30-93-32-31-92-29-27-90-25-23-88-21-19-86-16-10-48(77)67-41(56(85)66-34-45(74)55(84)43(72)9-15-69)5-6-46(75)60-33-44(73)54(83)42(71)8-14-68/h40-45,54-55,68-69,71-74,83-84H,5-39H2,1-4H3,(H,59,78)(H,60,75)(H,61,76)(H,62,80)(H,63,79)(H,64,82)(H,65,81)(H,66,85)(H,67,77)/t41-,42+,43+,44-,45-,54-,55-/m0/s1. The Labute approximate surface area is 547 Å². The molecular formula is C58H107N9O27. The van der Waals surface area contributed by atoms with Crippen LogP contribution in [0.2, 0.25) is 0 Å². The van der Waals surface area contributed by atoms with Gasteiger partial charge in [-0.25, -0.2) is 0 Å². The van der Waals surface area contributed by atoms with E-state index in [9.17, 15) is 78.6 Å². The second kappa shape index (κ2) is 55.4. The Hall–Kier alpha value is -5.78. The van der Waals surface area contributed by atoms with Gasteiger partial charge in [-0.2, -0.15) is 0 Å². The van der Waals surface area contributed by atoms with E-state index in [1.54, 1.807) is 13.8 Å². The molecule has 0 aromatic carbocycles. The van der Waals surface area contributed by atoms with Gasteiger partial charge in [0.25, 0.3) is 0 Å². The Bertz CT molecular complexity index is 2120. The second-order valence-electron chi connectivity index (χ2n) is 22.3. The number of hydrogen-bond donors (Lipinski definition) is 17. The molecule has 0 aliphatic carbocycles. The van der Waals surface area contributed by atoms with E-state index < -0.39 is 153 Å². The lowest BCUT2D eigenvalue weighted by Gasteiger charge is -2.27. The van der Waals surface area contributed by atoms with Crippen LogP contribution in [-0.2, 0) is 90.6 Å². The fourth-order valence-corrected chi connectivity index (χ4v) is 7.31. The molecule has 36 nitrogen and oxygen atoms in total. The second-order valence-corrected chi connectivity index (χ2v) is 22.3. The molecule has 0 rings (SSSR count). The van der Waals surface area contributed by atoms with Gasteiger partial charge in [0, 0.05) is 64.1 Å². The van der Waals surface area contributed by atoms with Crippen molar-refractivity contribution >= 4 is 59.5 Å². The summed E-state index contributed by atoms with van der Waals surface area (Å²) < 4.78 is 49.4. The van der Waals surface area contributed by atoms with E-state index in [1.165, 1.54) is 0 Å². The molecule has 0 saturated carbocycles.